The molecule has 1 N–H and O–H groups in total. The average Bonchev–Trinajstić information content (AvgIpc) is 2.83. The Morgan fingerprint density at radius 3 is 2.42 bits per heavy atom. The van der Waals surface area contributed by atoms with Gasteiger partial charge >= 0.3 is 0 Å². The number of hydrogen-bond acceptors (Lipinski definition) is 5. The number of anilines is 1. The van der Waals surface area contributed by atoms with E-state index in [1.54, 1.807) is 0 Å². The lowest BCUT2D eigenvalue weighted by Crippen LogP contribution is -2.25. The van der Waals surface area contributed by atoms with Gasteiger partial charge in [0.1, 0.15) is 5.82 Å². The van der Waals surface area contributed by atoms with E-state index in [1.165, 1.54) is 30.9 Å². The Kier molecular flexibility index (Phi) is 7.31. The lowest BCUT2D eigenvalue weighted by molar-refractivity contribution is 0.295. The van der Waals surface area contributed by atoms with Crippen LogP contribution in [0.15, 0.2) is 0 Å². The molecule has 0 aliphatic carbocycles. The van der Waals surface area contributed by atoms with Gasteiger partial charge in [-0.15, -0.1) is 0 Å². The Bertz CT molecular complexity index is 347. The molecule has 4 nitrogen and oxygen atoms in total. The summed E-state index contributed by atoms with van der Waals surface area (Å²) in [6.07, 6.45) is 2.40. The van der Waals surface area contributed by atoms with Crippen LogP contribution in [0.3, 0.4) is 0 Å². The molecule has 1 atom stereocenters. The van der Waals surface area contributed by atoms with Crippen molar-refractivity contribution in [2.75, 3.05) is 25.0 Å². The van der Waals surface area contributed by atoms with Gasteiger partial charge in [0.15, 0.2) is 0 Å². The molecule has 1 aromatic rings. The molecule has 1 aromatic heterocycles. The first-order chi connectivity index (χ1) is 9.06. The van der Waals surface area contributed by atoms with Crippen LogP contribution in [0.4, 0.5) is 5.13 Å². The number of aromatic nitrogens is 2. The van der Waals surface area contributed by atoms with Gasteiger partial charge in [-0.3, -0.25) is 0 Å². The molecule has 0 radical (unpaired) electrons. The van der Waals surface area contributed by atoms with Crippen molar-refractivity contribution >= 4 is 16.7 Å². The van der Waals surface area contributed by atoms with E-state index in [0.717, 1.165) is 24.0 Å². The second-order valence-electron chi connectivity index (χ2n) is 5.33. The standard InChI is InChI=1S/C14H28N4S/c1-6-18(7-2)10-8-9-12(5)15-14-16-13(11(3)4)17-19-14/h11-12H,6-10H2,1-5H3,(H,15,16,17). The second-order valence-corrected chi connectivity index (χ2v) is 6.08. The van der Waals surface area contributed by atoms with Crippen molar-refractivity contribution in [1.82, 2.24) is 14.3 Å². The molecule has 0 aromatic carbocycles. The van der Waals surface area contributed by atoms with E-state index in [9.17, 15) is 0 Å². The van der Waals surface area contributed by atoms with Crippen LogP contribution in [-0.4, -0.2) is 39.9 Å². The third-order valence-electron chi connectivity index (χ3n) is 3.33. The van der Waals surface area contributed by atoms with E-state index < -0.39 is 0 Å². The molecular formula is C14H28N4S. The second kappa shape index (κ2) is 8.48. The first-order valence-corrected chi connectivity index (χ1v) is 8.16. The fraction of sp³-hybridized carbons (Fsp3) is 0.857. The third kappa shape index (κ3) is 5.87. The van der Waals surface area contributed by atoms with Crippen LogP contribution in [0.1, 0.15) is 59.2 Å². The lowest BCUT2D eigenvalue weighted by Gasteiger charge is -2.19. The van der Waals surface area contributed by atoms with E-state index in [4.69, 9.17) is 0 Å². The van der Waals surface area contributed by atoms with E-state index in [-0.39, 0.29) is 0 Å². The van der Waals surface area contributed by atoms with Gasteiger partial charge in [-0.2, -0.15) is 4.37 Å². The number of rotatable bonds is 9. The van der Waals surface area contributed by atoms with Crippen molar-refractivity contribution in [3.63, 3.8) is 0 Å². The zero-order chi connectivity index (χ0) is 14.3. The smallest absolute Gasteiger partial charge is 0.202 e. The zero-order valence-electron chi connectivity index (χ0n) is 12.9. The molecule has 5 heteroatoms. The molecule has 0 saturated carbocycles. The summed E-state index contributed by atoms with van der Waals surface area (Å²) < 4.78 is 4.36. The number of nitrogens with one attached hydrogen (secondary N) is 1. The molecule has 0 aliphatic heterocycles. The normalized spacial score (nSPS) is 13.2. The maximum atomic E-state index is 4.51. The van der Waals surface area contributed by atoms with Crippen LogP contribution in [0.2, 0.25) is 0 Å². The molecule has 0 aliphatic rings. The quantitative estimate of drug-likeness (QED) is 0.752. The van der Waals surface area contributed by atoms with Gasteiger partial charge in [0, 0.05) is 23.5 Å². The highest BCUT2D eigenvalue weighted by atomic mass is 32.1. The van der Waals surface area contributed by atoms with E-state index in [2.05, 4.69) is 54.2 Å². The summed E-state index contributed by atoms with van der Waals surface area (Å²) in [4.78, 5) is 6.98. The van der Waals surface area contributed by atoms with Gasteiger partial charge < -0.3 is 10.2 Å². The van der Waals surface area contributed by atoms with Crippen molar-refractivity contribution in [3.8, 4) is 0 Å². The first kappa shape index (κ1) is 16.4. The van der Waals surface area contributed by atoms with Crippen LogP contribution in [0.5, 0.6) is 0 Å². The predicted octanol–water partition coefficient (Wildman–Crippen LogP) is 3.58. The van der Waals surface area contributed by atoms with Crippen molar-refractivity contribution in [3.05, 3.63) is 5.82 Å². The average molecular weight is 284 g/mol. The highest BCUT2D eigenvalue weighted by Crippen LogP contribution is 2.18. The topological polar surface area (TPSA) is 41.0 Å². The summed E-state index contributed by atoms with van der Waals surface area (Å²) in [5.41, 5.74) is 0. The largest absolute Gasteiger partial charge is 0.358 e. The molecule has 1 rings (SSSR count). The van der Waals surface area contributed by atoms with E-state index >= 15 is 0 Å². The predicted molar refractivity (Wildman–Crippen MR) is 84.1 cm³/mol. The summed E-state index contributed by atoms with van der Waals surface area (Å²) in [6.45, 7) is 14.4. The third-order valence-corrected chi connectivity index (χ3v) is 3.99. The minimum Gasteiger partial charge on any atom is -0.358 e. The molecule has 0 fully saturated rings. The van der Waals surface area contributed by atoms with E-state index in [0.29, 0.717) is 12.0 Å². The fourth-order valence-electron chi connectivity index (χ4n) is 1.97. The maximum absolute atomic E-state index is 4.51. The Morgan fingerprint density at radius 2 is 1.89 bits per heavy atom. The highest BCUT2D eigenvalue weighted by Gasteiger charge is 2.10. The number of nitrogens with zero attached hydrogens (tertiary/aromatic N) is 3. The zero-order valence-corrected chi connectivity index (χ0v) is 13.8. The van der Waals surface area contributed by atoms with Crippen LogP contribution >= 0.6 is 11.5 Å². The van der Waals surface area contributed by atoms with Crippen molar-refractivity contribution < 1.29 is 0 Å². The minimum absolute atomic E-state index is 0.407. The molecule has 110 valence electrons. The molecule has 0 bridgehead atoms. The Hall–Kier alpha value is -0.680. The Labute approximate surface area is 121 Å². The lowest BCUT2D eigenvalue weighted by atomic mass is 10.2. The van der Waals surface area contributed by atoms with Crippen LogP contribution in [0.25, 0.3) is 0 Å². The summed E-state index contributed by atoms with van der Waals surface area (Å²) in [5.74, 6) is 1.35. The summed E-state index contributed by atoms with van der Waals surface area (Å²) in [7, 11) is 0. The Balaban J connectivity index is 2.28. The molecule has 0 spiro atoms. The van der Waals surface area contributed by atoms with Gasteiger partial charge in [-0.05, 0) is 39.4 Å². The number of hydrogen-bond donors (Lipinski definition) is 1. The maximum Gasteiger partial charge on any atom is 0.202 e. The molecule has 1 heterocycles. The Morgan fingerprint density at radius 1 is 1.21 bits per heavy atom. The van der Waals surface area contributed by atoms with Gasteiger partial charge in [0.2, 0.25) is 5.13 Å². The van der Waals surface area contributed by atoms with Crippen LogP contribution in [0, 0.1) is 0 Å². The SMILES string of the molecule is CCN(CC)CCCC(C)Nc1nc(C(C)C)ns1. The minimum atomic E-state index is 0.407. The summed E-state index contributed by atoms with van der Waals surface area (Å²) in [5, 5.41) is 4.41. The van der Waals surface area contributed by atoms with E-state index in [1.807, 2.05) is 0 Å². The summed E-state index contributed by atoms with van der Waals surface area (Å²) in [6, 6.07) is 0.462. The molecule has 0 amide bonds. The van der Waals surface area contributed by atoms with Gasteiger partial charge in [-0.25, -0.2) is 4.98 Å². The van der Waals surface area contributed by atoms with Crippen molar-refractivity contribution in [2.45, 2.75) is 59.4 Å². The highest BCUT2D eigenvalue weighted by molar-refractivity contribution is 7.09. The summed E-state index contributed by atoms with van der Waals surface area (Å²) >= 11 is 1.47. The molecule has 1 unspecified atom stereocenters. The molecule has 19 heavy (non-hydrogen) atoms. The first-order valence-electron chi connectivity index (χ1n) is 7.39. The van der Waals surface area contributed by atoms with Crippen molar-refractivity contribution in [1.29, 1.82) is 0 Å². The fourth-order valence-corrected chi connectivity index (χ4v) is 2.79. The van der Waals surface area contributed by atoms with Gasteiger partial charge in [-0.1, -0.05) is 27.7 Å². The van der Waals surface area contributed by atoms with Crippen LogP contribution in [-0.2, 0) is 0 Å². The van der Waals surface area contributed by atoms with Gasteiger partial charge in [0.05, 0.1) is 0 Å². The van der Waals surface area contributed by atoms with Crippen molar-refractivity contribution in [2.24, 2.45) is 0 Å². The molecule has 0 saturated heterocycles. The molecular weight excluding hydrogens is 256 g/mol. The van der Waals surface area contributed by atoms with Crippen LogP contribution < -0.4 is 5.32 Å². The van der Waals surface area contributed by atoms with Gasteiger partial charge in [0.25, 0.3) is 0 Å². The monoisotopic (exact) mass is 284 g/mol.